The number of methoxy groups -OCH3 is 1. The first-order chi connectivity index (χ1) is 6.76. The summed E-state index contributed by atoms with van der Waals surface area (Å²) in [6.07, 6.45) is 0. The van der Waals surface area contributed by atoms with Gasteiger partial charge in [-0.05, 0) is 6.92 Å². The highest BCUT2D eigenvalue weighted by Crippen LogP contribution is 2.04. The highest BCUT2D eigenvalue weighted by atomic mass is 16.5. The third kappa shape index (κ3) is 3.45. The molecule has 0 saturated carbocycles. The molecule has 0 unspecified atom stereocenters. The lowest BCUT2D eigenvalue weighted by Gasteiger charge is -2.08. The summed E-state index contributed by atoms with van der Waals surface area (Å²) in [5.41, 5.74) is 6.34. The number of nitrogens with zero attached hydrogens (tertiary/aromatic N) is 1. The van der Waals surface area contributed by atoms with Crippen LogP contribution in [0.25, 0.3) is 0 Å². The average Bonchev–Trinajstić information content (AvgIpc) is 2.63. The number of rotatable bonds is 6. The maximum Gasteiger partial charge on any atom is 0.162 e. The van der Waals surface area contributed by atoms with Crippen molar-refractivity contribution in [1.82, 2.24) is 10.5 Å². The Morgan fingerprint density at radius 2 is 2.50 bits per heavy atom. The van der Waals surface area contributed by atoms with Crippen molar-refractivity contribution < 1.29 is 9.26 Å². The molecule has 1 rings (SSSR count). The van der Waals surface area contributed by atoms with Gasteiger partial charge in [0.1, 0.15) is 6.61 Å². The zero-order chi connectivity index (χ0) is 10.4. The Morgan fingerprint density at radius 1 is 1.71 bits per heavy atom. The van der Waals surface area contributed by atoms with Crippen molar-refractivity contribution in [2.75, 3.05) is 13.7 Å². The molecule has 0 fully saturated rings. The van der Waals surface area contributed by atoms with Crippen molar-refractivity contribution >= 4 is 0 Å². The topological polar surface area (TPSA) is 73.3 Å². The van der Waals surface area contributed by atoms with Gasteiger partial charge in [0.05, 0.1) is 5.69 Å². The van der Waals surface area contributed by atoms with E-state index in [1.54, 1.807) is 7.11 Å². The Kier molecular flexibility index (Phi) is 4.58. The summed E-state index contributed by atoms with van der Waals surface area (Å²) in [7, 11) is 1.62. The molecule has 14 heavy (non-hydrogen) atoms. The van der Waals surface area contributed by atoms with Crippen LogP contribution in [0, 0.1) is 0 Å². The van der Waals surface area contributed by atoms with Gasteiger partial charge in [-0.2, -0.15) is 0 Å². The van der Waals surface area contributed by atoms with E-state index in [-0.39, 0.29) is 6.04 Å². The van der Waals surface area contributed by atoms with E-state index < -0.39 is 0 Å². The van der Waals surface area contributed by atoms with Gasteiger partial charge in [0, 0.05) is 32.3 Å². The van der Waals surface area contributed by atoms with Crippen LogP contribution in [0.1, 0.15) is 18.4 Å². The fourth-order valence-electron chi connectivity index (χ4n) is 1.01. The Morgan fingerprint density at radius 3 is 3.14 bits per heavy atom. The van der Waals surface area contributed by atoms with Gasteiger partial charge in [0.2, 0.25) is 0 Å². The van der Waals surface area contributed by atoms with Crippen molar-refractivity contribution in [2.45, 2.75) is 26.1 Å². The van der Waals surface area contributed by atoms with Gasteiger partial charge in [-0.3, -0.25) is 0 Å². The lowest BCUT2D eigenvalue weighted by Crippen LogP contribution is -2.32. The average molecular weight is 199 g/mol. The minimum atomic E-state index is 0.289. The SMILES string of the molecule is COCc1cc(CN[C@@H](C)CN)no1. The smallest absolute Gasteiger partial charge is 0.162 e. The zero-order valence-corrected chi connectivity index (χ0v) is 8.62. The zero-order valence-electron chi connectivity index (χ0n) is 8.62. The molecule has 5 heteroatoms. The number of hydrogen-bond acceptors (Lipinski definition) is 5. The molecular formula is C9H17N3O2. The molecule has 0 aliphatic rings. The molecule has 3 N–H and O–H groups in total. The Hall–Kier alpha value is -0.910. The van der Waals surface area contributed by atoms with E-state index in [1.807, 2.05) is 13.0 Å². The highest BCUT2D eigenvalue weighted by molar-refractivity contribution is 5.04. The minimum absolute atomic E-state index is 0.289. The maximum absolute atomic E-state index is 5.46. The van der Waals surface area contributed by atoms with E-state index in [0.717, 1.165) is 11.5 Å². The van der Waals surface area contributed by atoms with Crippen LogP contribution < -0.4 is 11.1 Å². The molecule has 0 aliphatic carbocycles. The monoisotopic (exact) mass is 199 g/mol. The van der Waals surface area contributed by atoms with Crippen LogP contribution in [0.4, 0.5) is 0 Å². The molecule has 0 radical (unpaired) electrons. The van der Waals surface area contributed by atoms with Crippen molar-refractivity contribution in [3.63, 3.8) is 0 Å². The molecule has 0 amide bonds. The molecule has 0 spiro atoms. The lowest BCUT2D eigenvalue weighted by molar-refractivity contribution is 0.155. The molecule has 1 heterocycles. The summed E-state index contributed by atoms with van der Waals surface area (Å²) in [5.74, 6) is 0.740. The number of nitrogens with two attached hydrogens (primary N) is 1. The predicted molar refractivity (Wildman–Crippen MR) is 52.6 cm³/mol. The van der Waals surface area contributed by atoms with E-state index in [9.17, 15) is 0 Å². The fraction of sp³-hybridized carbons (Fsp3) is 0.667. The van der Waals surface area contributed by atoms with Crippen LogP contribution in [-0.2, 0) is 17.9 Å². The summed E-state index contributed by atoms with van der Waals surface area (Å²) in [6.45, 7) is 3.77. The van der Waals surface area contributed by atoms with Gasteiger partial charge >= 0.3 is 0 Å². The van der Waals surface area contributed by atoms with Gasteiger partial charge < -0.3 is 20.3 Å². The standard InChI is InChI=1S/C9H17N3O2/c1-7(4-10)11-5-8-3-9(6-13-2)14-12-8/h3,7,11H,4-6,10H2,1-2H3/t7-/m0/s1. The number of aromatic nitrogens is 1. The molecule has 5 nitrogen and oxygen atoms in total. The van der Waals surface area contributed by atoms with E-state index in [1.165, 1.54) is 0 Å². The first-order valence-corrected chi connectivity index (χ1v) is 4.63. The Bertz CT molecular complexity index is 262. The summed E-state index contributed by atoms with van der Waals surface area (Å²) in [5, 5.41) is 7.10. The molecule has 1 aromatic heterocycles. The molecule has 80 valence electrons. The molecule has 1 aromatic rings. The van der Waals surface area contributed by atoms with Gasteiger partial charge in [-0.25, -0.2) is 0 Å². The summed E-state index contributed by atoms with van der Waals surface area (Å²) in [6, 6.07) is 2.16. The molecule has 0 aliphatic heterocycles. The Balaban J connectivity index is 2.35. The molecular weight excluding hydrogens is 182 g/mol. The van der Waals surface area contributed by atoms with Gasteiger partial charge in [0.15, 0.2) is 5.76 Å². The van der Waals surface area contributed by atoms with E-state index in [2.05, 4.69) is 10.5 Å². The molecule has 0 aromatic carbocycles. The predicted octanol–water partition coefficient (Wildman–Crippen LogP) is 0.258. The first kappa shape index (κ1) is 11.2. The van der Waals surface area contributed by atoms with Gasteiger partial charge in [-0.1, -0.05) is 5.16 Å². The normalized spacial score (nSPS) is 13.1. The van der Waals surface area contributed by atoms with Gasteiger partial charge in [-0.15, -0.1) is 0 Å². The van der Waals surface area contributed by atoms with Crippen LogP contribution in [-0.4, -0.2) is 24.9 Å². The number of hydrogen-bond donors (Lipinski definition) is 2. The molecule has 1 atom stereocenters. The van der Waals surface area contributed by atoms with Crippen LogP contribution in [0.3, 0.4) is 0 Å². The minimum Gasteiger partial charge on any atom is -0.377 e. The largest absolute Gasteiger partial charge is 0.377 e. The van der Waals surface area contributed by atoms with E-state index in [0.29, 0.717) is 19.7 Å². The van der Waals surface area contributed by atoms with Crippen LogP contribution in [0.2, 0.25) is 0 Å². The van der Waals surface area contributed by atoms with E-state index >= 15 is 0 Å². The Labute approximate surface area is 83.6 Å². The maximum atomic E-state index is 5.46. The van der Waals surface area contributed by atoms with E-state index in [4.69, 9.17) is 15.0 Å². The lowest BCUT2D eigenvalue weighted by atomic mass is 10.3. The number of nitrogens with one attached hydrogen (secondary N) is 1. The molecule has 0 saturated heterocycles. The third-order valence-electron chi connectivity index (χ3n) is 1.88. The van der Waals surface area contributed by atoms with Crippen LogP contribution in [0.15, 0.2) is 10.6 Å². The summed E-state index contributed by atoms with van der Waals surface area (Å²) < 4.78 is 9.94. The van der Waals surface area contributed by atoms with Crippen LogP contribution in [0.5, 0.6) is 0 Å². The second-order valence-electron chi connectivity index (χ2n) is 3.24. The first-order valence-electron chi connectivity index (χ1n) is 4.63. The summed E-state index contributed by atoms with van der Waals surface area (Å²) >= 11 is 0. The van der Waals surface area contributed by atoms with Crippen LogP contribution >= 0.6 is 0 Å². The highest BCUT2D eigenvalue weighted by Gasteiger charge is 2.04. The quantitative estimate of drug-likeness (QED) is 0.687. The third-order valence-corrected chi connectivity index (χ3v) is 1.88. The van der Waals surface area contributed by atoms with Crippen molar-refractivity contribution in [2.24, 2.45) is 5.73 Å². The number of ether oxygens (including phenoxy) is 1. The summed E-state index contributed by atoms with van der Waals surface area (Å²) in [4.78, 5) is 0. The fourth-order valence-corrected chi connectivity index (χ4v) is 1.01. The van der Waals surface area contributed by atoms with Gasteiger partial charge in [0.25, 0.3) is 0 Å². The van der Waals surface area contributed by atoms with Crippen molar-refractivity contribution in [3.05, 3.63) is 17.5 Å². The second-order valence-corrected chi connectivity index (χ2v) is 3.24. The second kappa shape index (κ2) is 5.74. The van der Waals surface area contributed by atoms with Crippen molar-refractivity contribution in [3.8, 4) is 0 Å². The molecule has 0 bridgehead atoms. The van der Waals surface area contributed by atoms with Crippen molar-refractivity contribution in [1.29, 1.82) is 0 Å².